The summed E-state index contributed by atoms with van der Waals surface area (Å²) in [5.74, 6) is 0.260. The molecule has 5 heteroatoms. The second-order valence-corrected chi connectivity index (χ2v) is 8.29. The summed E-state index contributed by atoms with van der Waals surface area (Å²) < 4.78 is 0. The van der Waals surface area contributed by atoms with Crippen molar-refractivity contribution in [1.82, 2.24) is 0 Å². The van der Waals surface area contributed by atoms with Gasteiger partial charge in [0, 0.05) is 5.69 Å². The number of hydrogen-bond donors (Lipinski definition) is 0. The molecule has 4 rings (SSSR count). The molecule has 2 atom stereocenters. The average molecular weight is 390 g/mol. The molecule has 1 aliphatic heterocycles. The van der Waals surface area contributed by atoms with Crippen molar-refractivity contribution in [2.75, 3.05) is 9.80 Å². The summed E-state index contributed by atoms with van der Waals surface area (Å²) in [6, 6.07) is 15.9. The van der Waals surface area contributed by atoms with Crippen LogP contribution in [0.25, 0.3) is 0 Å². The molecule has 1 amide bonds. The standard InChI is InChI=1S/C23H23N3OS/c1-15-6-9-19(10-7-15)26-22(28)25(20-11-8-18(14-24)16(2)13-20)21(27)23(26)12-4-5-17(23)3/h6-11,13,17H,4-5,12H2,1-3H3. The molecule has 1 saturated carbocycles. The smallest absolute Gasteiger partial charge is 0.259 e. The topological polar surface area (TPSA) is 47.3 Å². The zero-order valence-corrected chi connectivity index (χ0v) is 17.2. The minimum absolute atomic E-state index is 0.0483. The van der Waals surface area contributed by atoms with E-state index in [1.54, 1.807) is 11.0 Å². The highest BCUT2D eigenvalue weighted by molar-refractivity contribution is 7.81. The second kappa shape index (κ2) is 6.72. The van der Waals surface area contributed by atoms with E-state index >= 15 is 0 Å². The minimum atomic E-state index is -0.631. The van der Waals surface area contributed by atoms with Gasteiger partial charge in [0.2, 0.25) is 0 Å². The minimum Gasteiger partial charge on any atom is -0.303 e. The second-order valence-electron chi connectivity index (χ2n) is 7.92. The lowest BCUT2D eigenvalue weighted by atomic mass is 9.86. The number of nitrogens with zero attached hydrogens (tertiary/aromatic N) is 3. The third kappa shape index (κ3) is 2.56. The molecule has 1 spiro atoms. The van der Waals surface area contributed by atoms with Gasteiger partial charge in [-0.1, -0.05) is 31.0 Å². The van der Waals surface area contributed by atoms with Crippen LogP contribution >= 0.6 is 12.2 Å². The van der Waals surface area contributed by atoms with Crippen LogP contribution in [0.5, 0.6) is 0 Å². The van der Waals surface area contributed by atoms with Crippen LogP contribution in [0.15, 0.2) is 42.5 Å². The number of hydrogen-bond acceptors (Lipinski definition) is 3. The molecule has 0 bridgehead atoms. The predicted molar refractivity (Wildman–Crippen MR) is 115 cm³/mol. The van der Waals surface area contributed by atoms with Crippen molar-refractivity contribution in [2.24, 2.45) is 5.92 Å². The number of thiocarbonyl (C=S) groups is 1. The van der Waals surface area contributed by atoms with Gasteiger partial charge in [-0.2, -0.15) is 5.26 Å². The molecule has 0 N–H and O–H groups in total. The Hall–Kier alpha value is -2.71. The molecule has 2 aromatic carbocycles. The third-order valence-electron chi connectivity index (χ3n) is 6.25. The number of nitriles is 1. The van der Waals surface area contributed by atoms with Crippen LogP contribution < -0.4 is 9.80 Å². The van der Waals surface area contributed by atoms with E-state index in [0.29, 0.717) is 10.7 Å². The number of rotatable bonds is 2. The van der Waals surface area contributed by atoms with Crippen LogP contribution in [0.3, 0.4) is 0 Å². The van der Waals surface area contributed by atoms with E-state index in [9.17, 15) is 10.1 Å². The summed E-state index contributed by atoms with van der Waals surface area (Å²) in [7, 11) is 0. The Bertz CT molecular complexity index is 1010. The number of benzene rings is 2. The van der Waals surface area contributed by atoms with Crippen molar-refractivity contribution in [3.05, 3.63) is 59.2 Å². The SMILES string of the molecule is Cc1ccc(N2C(=S)N(c3ccc(C#N)c(C)c3)C(=O)C23CCCC3C)cc1. The molecule has 2 aromatic rings. The number of carbonyl (C=O) groups is 1. The Morgan fingerprint density at radius 3 is 2.39 bits per heavy atom. The van der Waals surface area contributed by atoms with Crippen molar-refractivity contribution in [1.29, 1.82) is 5.26 Å². The average Bonchev–Trinajstić information content (AvgIpc) is 3.15. The van der Waals surface area contributed by atoms with Crippen molar-refractivity contribution >= 4 is 34.6 Å². The molecule has 28 heavy (non-hydrogen) atoms. The third-order valence-corrected chi connectivity index (χ3v) is 6.61. The van der Waals surface area contributed by atoms with Gasteiger partial charge in [0.1, 0.15) is 5.54 Å². The summed E-state index contributed by atoms with van der Waals surface area (Å²) in [6.07, 6.45) is 2.82. The van der Waals surface area contributed by atoms with E-state index in [2.05, 4.69) is 49.1 Å². The Balaban J connectivity index is 1.86. The summed E-state index contributed by atoms with van der Waals surface area (Å²) in [5, 5.41) is 9.75. The van der Waals surface area contributed by atoms with Gasteiger partial charge in [-0.15, -0.1) is 0 Å². The lowest BCUT2D eigenvalue weighted by Crippen LogP contribution is -2.52. The molecule has 4 nitrogen and oxygen atoms in total. The molecule has 2 fully saturated rings. The van der Waals surface area contributed by atoms with Gasteiger partial charge in [-0.3, -0.25) is 9.69 Å². The molecule has 142 valence electrons. The van der Waals surface area contributed by atoms with E-state index in [1.807, 2.05) is 19.1 Å². The van der Waals surface area contributed by atoms with Crippen molar-refractivity contribution in [3.63, 3.8) is 0 Å². The maximum Gasteiger partial charge on any atom is 0.259 e. The monoisotopic (exact) mass is 389 g/mol. The molecule has 0 radical (unpaired) electrons. The van der Waals surface area contributed by atoms with E-state index in [4.69, 9.17) is 12.2 Å². The number of aryl methyl sites for hydroxylation is 2. The molecular weight excluding hydrogens is 366 g/mol. The van der Waals surface area contributed by atoms with E-state index < -0.39 is 5.54 Å². The zero-order chi connectivity index (χ0) is 20.1. The van der Waals surface area contributed by atoms with Gasteiger partial charge >= 0.3 is 0 Å². The van der Waals surface area contributed by atoms with Gasteiger partial charge in [-0.05, 0) is 80.7 Å². The summed E-state index contributed by atoms with van der Waals surface area (Å²) in [5.41, 5.74) is 3.70. The molecular formula is C23H23N3OS. The molecule has 2 unspecified atom stereocenters. The van der Waals surface area contributed by atoms with Crippen LogP contribution in [0, 0.1) is 31.1 Å². The number of carbonyl (C=O) groups excluding carboxylic acids is 1. The largest absolute Gasteiger partial charge is 0.303 e. The lowest BCUT2D eigenvalue weighted by Gasteiger charge is -2.36. The first-order chi connectivity index (χ1) is 13.4. The first kappa shape index (κ1) is 18.6. The van der Waals surface area contributed by atoms with Gasteiger partial charge in [-0.25, -0.2) is 0 Å². The fraction of sp³-hybridized carbons (Fsp3) is 0.348. The number of amides is 1. The summed E-state index contributed by atoms with van der Waals surface area (Å²) in [6.45, 7) is 6.09. The maximum absolute atomic E-state index is 13.8. The van der Waals surface area contributed by atoms with Gasteiger partial charge < -0.3 is 4.90 Å². The maximum atomic E-state index is 13.8. The molecule has 1 aliphatic carbocycles. The molecule has 2 aliphatic rings. The normalized spacial score (nSPS) is 24.3. The molecule has 1 saturated heterocycles. The van der Waals surface area contributed by atoms with Crippen molar-refractivity contribution in [2.45, 2.75) is 45.6 Å². The summed E-state index contributed by atoms with van der Waals surface area (Å²) >= 11 is 5.87. The lowest BCUT2D eigenvalue weighted by molar-refractivity contribution is -0.122. The van der Waals surface area contributed by atoms with Crippen molar-refractivity contribution < 1.29 is 4.79 Å². The van der Waals surface area contributed by atoms with Crippen LogP contribution in [-0.4, -0.2) is 16.6 Å². The van der Waals surface area contributed by atoms with Gasteiger partial charge in [0.25, 0.3) is 5.91 Å². The van der Waals surface area contributed by atoms with Crippen LogP contribution in [0.4, 0.5) is 11.4 Å². The van der Waals surface area contributed by atoms with E-state index in [1.165, 1.54) is 5.56 Å². The summed E-state index contributed by atoms with van der Waals surface area (Å²) in [4.78, 5) is 17.5. The highest BCUT2D eigenvalue weighted by Crippen LogP contribution is 2.49. The van der Waals surface area contributed by atoms with E-state index in [0.717, 1.165) is 36.2 Å². The zero-order valence-electron chi connectivity index (χ0n) is 16.4. The van der Waals surface area contributed by atoms with Crippen LogP contribution in [-0.2, 0) is 4.79 Å². The van der Waals surface area contributed by atoms with Crippen LogP contribution in [0.1, 0.15) is 42.9 Å². The molecule has 0 aromatic heterocycles. The van der Waals surface area contributed by atoms with Crippen molar-refractivity contribution in [3.8, 4) is 6.07 Å². The first-order valence-electron chi connectivity index (χ1n) is 9.66. The molecule has 1 heterocycles. The highest BCUT2D eigenvalue weighted by Gasteiger charge is 2.60. The Morgan fingerprint density at radius 2 is 1.82 bits per heavy atom. The van der Waals surface area contributed by atoms with Gasteiger partial charge in [0.15, 0.2) is 5.11 Å². The first-order valence-corrected chi connectivity index (χ1v) is 10.1. The Morgan fingerprint density at radius 1 is 1.14 bits per heavy atom. The fourth-order valence-corrected chi connectivity index (χ4v) is 5.09. The van der Waals surface area contributed by atoms with E-state index in [-0.39, 0.29) is 11.8 Å². The van der Waals surface area contributed by atoms with Gasteiger partial charge in [0.05, 0.1) is 17.3 Å². The Labute approximate surface area is 171 Å². The predicted octanol–water partition coefficient (Wildman–Crippen LogP) is 4.87. The quantitative estimate of drug-likeness (QED) is 0.688. The highest BCUT2D eigenvalue weighted by atomic mass is 32.1. The number of anilines is 2. The fourth-order valence-electron chi connectivity index (χ4n) is 4.63. The Kier molecular flexibility index (Phi) is 4.47. The van der Waals surface area contributed by atoms with Crippen LogP contribution in [0.2, 0.25) is 0 Å².